The fraction of sp³-hybridized carbons (Fsp3) is 0.312. The number of nitrogens with zero attached hydrogens (tertiary/aromatic N) is 4. The maximum atomic E-state index is 12.7. The molecule has 0 spiro atoms. The Balaban J connectivity index is 2.34. The van der Waals surface area contributed by atoms with Crippen LogP contribution in [0.5, 0.6) is 0 Å². The van der Waals surface area contributed by atoms with Crippen LogP contribution in [-0.2, 0) is 23.6 Å². The molecular formula is C16H16N4O5S. The SMILES string of the molecule is COC(=O)[C@@H](C)Sc1nc(-c2ccco2)nc2c1c(=O)n(C)c(=O)n2C. The molecule has 0 aliphatic carbocycles. The smallest absolute Gasteiger partial charge is 0.332 e. The Morgan fingerprint density at radius 3 is 2.62 bits per heavy atom. The molecule has 0 fully saturated rings. The first-order valence-corrected chi connectivity index (χ1v) is 8.49. The average Bonchev–Trinajstić information content (AvgIpc) is 3.18. The van der Waals surface area contributed by atoms with Crippen LogP contribution in [0, 0.1) is 0 Å². The van der Waals surface area contributed by atoms with Crippen molar-refractivity contribution in [3.05, 3.63) is 39.2 Å². The lowest BCUT2D eigenvalue weighted by Gasteiger charge is -2.13. The number of fused-ring (bicyclic) bond motifs is 1. The number of hydrogen-bond acceptors (Lipinski definition) is 8. The molecule has 0 radical (unpaired) electrons. The third-order valence-electron chi connectivity index (χ3n) is 3.83. The van der Waals surface area contributed by atoms with E-state index in [0.29, 0.717) is 5.76 Å². The van der Waals surface area contributed by atoms with E-state index >= 15 is 0 Å². The first-order chi connectivity index (χ1) is 12.3. The van der Waals surface area contributed by atoms with Crippen molar-refractivity contribution in [3.63, 3.8) is 0 Å². The predicted molar refractivity (Wildman–Crippen MR) is 95.1 cm³/mol. The minimum Gasteiger partial charge on any atom is -0.468 e. The quantitative estimate of drug-likeness (QED) is 0.376. The van der Waals surface area contributed by atoms with Crippen LogP contribution in [0.1, 0.15) is 6.92 Å². The highest BCUT2D eigenvalue weighted by Crippen LogP contribution is 2.29. The number of ether oxygens (including phenoxy) is 1. The highest BCUT2D eigenvalue weighted by atomic mass is 32.2. The Kier molecular flexibility index (Phi) is 4.68. The van der Waals surface area contributed by atoms with Crippen LogP contribution in [0.4, 0.5) is 0 Å². The Hall–Kier alpha value is -2.88. The summed E-state index contributed by atoms with van der Waals surface area (Å²) in [7, 11) is 4.18. The van der Waals surface area contributed by atoms with Gasteiger partial charge in [-0.25, -0.2) is 14.8 Å². The van der Waals surface area contributed by atoms with Crippen LogP contribution in [0.15, 0.2) is 37.4 Å². The van der Waals surface area contributed by atoms with Gasteiger partial charge in [0, 0.05) is 14.1 Å². The molecule has 0 unspecified atom stereocenters. The molecule has 136 valence electrons. The van der Waals surface area contributed by atoms with Crippen molar-refractivity contribution in [2.24, 2.45) is 14.1 Å². The van der Waals surface area contributed by atoms with E-state index in [1.54, 1.807) is 19.1 Å². The molecular weight excluding hydrogens is 360 g/mol. The zero-order chi connectivity index (χ0) is 19.0. The molecule has 0 saturated carbocycles. The standard InChI is InChI=1S/C16H16N4O5S/c1-8(15(22)24-4)26-13-10-12(19(2)16(23)20(3)14(10)21)17-11(18-13)9-6-5-7-25-9/h5-8H,1-4H3/t8-/m1/s1. The van der Waals surface area contributed by atoms with E-state index in [9.17, 15) is 14.4 Å². The molecule has 1 atom stereocenters. The topological polar surface area (TPSA) is 109 Å². The van der Waals surface area contributed by atoms with Crippen LogP contribution < -0.4 is 11.2 Å². The lowest BCUT2D eigenvalue weighted by molar-refractivity contribution is -0.139. The summed E-state index contributed by atoms with van der Waals surface area (Å²) in [5, 5.41) is -0.175. The molecule has 3 heterocycles. The number of hydrogen-bond donors (Lipinski definition) is 0. The van der Waals surface area contributed by atoms with Crippen molar-refractivity contribution in [1.29, 1.82) is 0 Å². The molecule has 0 amide bonds. The van der Waals surface area contributed by atoms with E-state index in [1.807, 2.05) is 0 Å². The number of esters is 1. The minimum atomic E-state index is -0.607. The Labute approximate surface area is 151 Å². The van der Waals surface area contributed by atoms with Gasteiger partial charge in [-0.15, -0.1) is 0 Å². The summed E-state index contributed by atoms with van der Waals surface area (Å²) in [5.74, 6) is 0.140. The van der Waals surface area contributed by atoms with Gasteiger partial charge in [-0.05, 0) is 19.1 Å². The van der Waals surface area contributed by atoms with Gasteiger partial charge in [0.25, 0.3) is 5.56 Å². The van der Waals surface area contributed by atoms with Gasteiger partial charge in [0.05, 0.1) is 13.4 Å². The van der Waals surface area contributed by atoms with Gasteiger partial charge in [-0.3, -0.25) is 18.7 Å². The average molecular weight is 376 g/mol. The number of methoxy groups -OCH3 is 1. The summed E-state index contributed by atoms with van der Waals surface area (Å²) < 4.78 is 12.3. The first kappa shape index (κ1) is 17.9. The molecule has 3 aromatic rings. The molecule has 0 bridgehead atoms. The molecule has 10 heteroatoms. The minimum absolute atomic E-state index is 0.158. The Bertz CT molecular complexity index is 1100. The molecule has 0 aliphatic heterocycles. The van der Waals surface area contributed by atoms with Crippen LogP contribution in [0.3, 0.4) is 0 Å². The zero-order valence-corrected chi connectivity index (χ0v) is 15.4. The van der Waals surface area contributed by atoms with Crippen molar-refractivity contribution >= 4 is 28.8 Å². The van der Waals surface area contributed by atoms with Gasteiger partial charge < -0.3 is 9.15 Å². The van der Waals surface area contributed by atoms with Crippen molar-refractivity contribution in [3.8, 4) is 11.6 Å². The van der Waals surface area contributed by atoms with Crippen LogP contribution >= 0.6 is 11.8 Å². The van der Waals surface area contributed by atoms with Crippen LogP contribution in [0.25, 0.3) is 22.6 Å². The fourth-order valence-corrected chi connectivity index (χ4v) is 3.37. The van der Waals surface area contributed by atoms with E-state index in [0.717, 1.165) is 16.3 Å². The summed E-state index contributed by atoms with van der Waals surface area (Å²) >= 11 is 1.06. The van der Waals surface area contributed by atoms with Gasteiger partial charge in [0.15, 0.2) is 17.2 Å². The Morgan fingerprint density at radius 1 is 1.27 bits per heavy atom. The van der Waals surface area contributed by atoms with Gasteiger partial charge in [-0.1, -0.05) is 11.8 Å². The number of carbonyl (C=O) groups is 1. The van der Waals surface area contributed by atoms with Crippen molar-refractivity contribution in [2.75, 3.05) is 7.11 Å². The molecule has 0 aliphatic rings. The second-order valence-corrected chi connectivity index (χ2v) is 6.85. The zero-order valence-electron chi connectivity index (χ0n) is 14.5. The second kappa shape index (κ2) is 6.79. The Morgan fingerprint density at radius 2 is 2.00 bits per heavy atom. The van der Waals surface area contributed by atoms with Gasteiger partial charge in [0.2, 0.25) is 0 Å². The summed E-state index contributed by atoms with van der Waals surface area (Å²) in [4.78, 5) is 45.4. The first-order valence-electron chi connectivity index (χ1n) is 7.61. The highest BCUT2D eigenvalue weighted by Gasteiger charge is 2.23. The molecule has 0 saturated heterocycles. The van der Waals surface area contributed by atoms with Crippen LogP contribution in [0.2, 0.25) is 0 Å². The molecule has 0 N–H and O–H groups in total. The summed E-state index contributed by atoms with van der Waals surface area (Å²) in [6.45, 7) is 1.64. The van der Waals surface area contributed by atoms with E-state index < -0.39 is 22.5 Å². The number of aryl methyl sites for hydroxylation is 1. The highest BCUT2D eigenvalue weighted by molar-refractivity contribution is 8.00. The number of thioether (sulfide) groups is 1. The van der Waals surface area contributed by atoms with Gasteiger partial charge in [0.1, 0.15) is 15.7 Å². The summed E-state index contributed by atoms with van der Waals surface area (Å²) in [5.41, 5.74) is -0.878. The monoisotopic (exact) mass is 376 g/mol. The van der Waals surface area contributed by atoms with E-state index in [-0.39, 0.29) is 21.9 Å². The maximum absolute atomic E-state index is 12.7. The summed E-state index contributed by atoms with van der Waals surface area (Å²) in [6.07, 6.45) is 1.47. The normalized spacial score (nSPS) is 12.3. The fourth-order valence-electron chi connectivity index (χ4n) is 2.41. The number of aromatic nitrogens is 4. The molecule has 0 aromatic carbocycles. The van der Waals surface area contributed by atoms with Crippen LogP contribution in [-0.4, -0.2) is 37.4 Å². The second-order valence-electron chi connectivity index (χ2n) is 5.52. The molecule has 9 nitrogen and oxygen atoms in total. The van der Waals surface area contributed by atoms with Gasteiger partial charge >= 0.3 is 11.7 Å². The lowest BCUT2D eigenvalue weighted by Crippen LogP contribution is -2.37. The van der Waals surface area contributed by atoms with Crippen molar-refractivity contribution < 1.29 is 13.9 Å². The third-order valence-corrected chi connectivity index (χ3v) is 4.89. The van der Waals surface area contributed by atoms with Crippen molar-refractivity contribution in [1.82, 2.24) is 19.1 Å². The molecule has 26 heavy (non-hydrogen) atoms. The molecule has 3 rings (SSSR count). The van der Waals surface area contributed by atoms with E-state index in [1.165, 1.54) is 32.0 Å². The van der Waals surface area contributed by atoms with Gasteiger partial charge in [-0.2, -0.15) is 0 Å². The largest absolute Gasteiger partial charge is 0.468 e. The van der Waals surface area contributed by atoms with Crippen molar-refractivity contribution in [2.45, 2.75) is 17.2 Å². The number of furan rings is 1. The lowest BCUT2D eigenvalue weighted by atomic mass is 10.3. The third kappa shape index (κ3) is 2.92. The number of rotatable bonds is 4. The number of carbonyl (C=O) groups excluding carboxylic acids is 1. The van der Waals surface area contributed by atoms with E-state index in [4.69, 9.17) is 9.15 Å². The predicted octanol–water partition coefficient (Wildman–Crippen LogP) is 0.941. The molecule has 3 aromatic heterocycles. The maximum Gasteiger partial charge on any atom is 0.332 e. The van der Waals surface area contributed by atoms with E-state index in [2.05, 4.69) is 9.97 Å². The summed E-state index contributed by atoms with van der Waals surface area (Å²) in [6, 6.07) is 3.34.